The van der Waals surface area contributed by atoms with Gasteiger partial charge in [0.25, 0.3) is 0 Å². The van der Waals surface area contributed by atoms with Crippen LogP contribution in [0.3, 0.4) is 0 Å². The van der Waals surface area contributed by atoms with Crippen molar-refractivity contribution in [2.75, 3.05) is 11.9 Å². The highest BCUT2D eigenvalue weighted by Crippen LogP contribution is 2.38. The van der Waals surface area contributed by atoms with Crippen LogP contribution in [0.5, 0.6) is 5.75 Å². The second-order valence-corrected chi connectivity index (χ2v) is 5.18. The van der Waals surface area contributed by atoms with Gasteiger partial charge < -0.3 is 10.1 Å². The molecule has 2 rings (SSSR count). The first-order valence-corrected chi connectivity index (χ1v) is 6.78. The highest BCUT2D eigenvalue weighted by molar-refractivity contribution is 5.68. The Labute approximate surface area is 113 Å². The summed E-state index contributed by atoms with van der Waals surface area (Å²) in [6.45, 7) is 4.65. The first-order valence-electron chi connectivity index (χ1n) is 6.78. The predicted octanol–water partition coefficient (Wildman–Crippen LogP) is 3.59. The van der Waals surface area contributed by atoms with Crippen LogP contribution >= 0.6 is 0 Å². The van der Waals surface area contributed by atoms with E-state index in [9.17, 15) is 10.1 Å². The number of para-hydroxylation sites is 1. The minimum absolute atomic E-state index is 0.0514. The van der Waals surface area contributed by atoms with E-state index in [1.54, 1.807) is 18.2 Å². The zero-order valence-corrected chi connectivity index (χ0v) is 11.4. The average molecular weight is 264 g/mol. The molecule has 0 spiro atoms. The third kappa shape index (κ3) is 3.16. The Kier molecular flexibility index (Phi) is 4.24. The van der Waals surface area contributed by atoms with Gasteiger partial charge in [0.15, 0.2) is 5.75 Å². The zero-order chi connectivity index (χ0) is 13.8. The lowest BCUT2D eigenvalue weighted by atomic mass is 9.82. The third-order valence-electron chi connectivity index (χ3n) is 3.38. The van der Waals surface area contributed by atoms with Crippen LogP contribution in [-0.4, -0.2) is 17.6 Å². The van der Waals surface area contributed by atoms with Crippen LogP contribution in [0.1, 0.15) is 33.1 Å². The Hall–Kier alpha value is -1.78. The topological polar surface area (TPSA) is 64.4 Å². The molecule has 1 fully saturated rings. The highest BCUT2D eigenvalue weighted by Gasteiger charge is 2.28. The van der Waals surface area contributed by atoms with Crippen LogP contribution in [0.25, 0.3) is 0 Å². The molecule has 1 saturated carbocycles. The Morgan fingerprint density at radius 2 is 2.21 bits per heavy atom. The maximum absolute atomic E-state index is 11.2. The molecule has 0 saturated heterocycles. The molecule has 0 bridgehead atoms. The van der Waals surface area contributed by atoms with E-state index in [-0.39, 0.29) is 10.6 Å². The van der Waals surface area contributed by atoms with Crippen molar-refractivity contribution >= 4 is 11.4 Å². The third-order valence-corrected chi connectivity index (χ3v) is 3.38. The molecule has 1 aromatic carbocycles. The van der Waals surface area contributed by atoms with Gasteiger partial charge >= 0.3 is 5.69 Å². The summed E-state index contributed by atoms with van der Waals surface area (Å²) in [5, 5.41) is 14.5. The van der Waals surface area contributed by atoms with Gasteiger partial charge in [-0.3, -0.25) is 10.1 Å². The number of rotatable bonds is 6. The van der Waals surface area contributed by atoms with E-state index in [0.717, 1.165) is 19.3 Å². The van der Waals surface area contributed by atoms with Gasteiger partial charge in [-0.15, -0.1) is 0 Å². The Balaban J connectivity index is 2.18. The number of hydrogen-bond donors (Lipinski definition) is 1. The van der Waals surface area contributed by atoms with E-state index in [0.29, 0.717) is 30.0 Å². The van der Waals surface area contributed by atoms with Gasteiger partial charge in [0.2, 0.25) is 0 Å². The molecular weight excluding hydrogens is 244 g/mol. The fraction of sp³-hybridized carbons (Fsp3) is 0.571. The largest absolute Gasteiger partial charge is 0.487 e. The van der Waals surface area contributed by atoms with Crippen molar-refractivity contribution in [2.45, 2.75) is 39.2 Å². The minimum Gasteiger partial charge on any atom is -0.487 e. The van der Waals surface area contributed by atoms with Crippen LogP contribution in [-0.2, 0) is 0 Å². The molecule has 104 valence electrons. The summed E-state index contributed by atoms with van der Waals surface area (Å²) in [4.78, 5) is 10.9. The number of nitrogens with zero attached hydrogens (tertiary/aromatic N) is 1. The van der Waals surface area contributed by atoms with Crippen LogP contribution in [0.15, 0.2) is 18.2 Å². The summed E-state index contributed by atoms with van der Waals surface area (Å²) in [5.74, 6) is 1.06. The SMILES string of the molecule is CCCOc1cccc(NC2CC(C)C2)c1[N+](=O)[O-]. The van der Waals surface area contributed by atoms with Gasteiger partial charge in [0.05, 0.1) is 11.5 Å². The van der Waals surface area contributed by atoms with E-state index in [2.05, 4.69) is 12.2 Å². The summed E-state index contributed by atoms with van der Waals surface area (Å²) < 4.78 is 5.46. The van der Waals surface area contributed by atoms with Gasteiger partial charge in [-0.2, -0.15) is 0 Å². The summed E-state index contributed by atoms with van der Waals surface area (Å²) in [5.41, 5.74) is 0.617. The normalized spacial score (nSPS) is 21.6. The van der Waals surface area contributed by atoms with Gasteiger partial charge in [-0.05, 0) is 37.3 Å². The van der Waals surface area contributed by atoms with Gasteiger partial charge in [-0.25, -0.2) is 0 Å². The molecule has 0 atom stereocenters. The van der Waals surface area contributed by atoms with Crippen LogP contribution in [0.4, 0.5) is 11.4 Å². The standard InChI is InChI=1S/C14H20N2O3/c1-3-7-19-13-6-4-5-12(14(13)16(17)18)15-11-8-10(2)9-11/h4-6,10-11,15H,3,7-9H2,1-2H3. The van der Waals surface area contributed by atoms with Crippen molar-refractivity contribution in [3.05, 3.63) is 28.3 Å². The Bertz CT molecular complexity index is 456. The lowest BCUT2D eigenvalue weighted by molar-refractivity contribution is -0.385. The van der Waals surface area contributed by atoms with Crippen molar-refractivity contribution in [1.82, 2.24) is 0 Å². The fourth-order valence-electron chi connectivity index (χ4n) is 2.40. The predicted molar refractivity (Wildman–Crippen MR) is 74.7 cm³/mol. The second kappa shape index (κ2) is 5.91. The van der Waals surface area contributed by atoms with Crippen molar-refractivity contribution in [2.24, 2.45) is 5.92 Å². The van der Waals surface area contributed by atoms with E-state index in [1.807, 2.05) is 6.92 Å². The molecule has 0 amide bonds. The van der Waals surface area contributed by atoms with Crippen molar-refractivity contribution in [1.29, 1.82) is 0 Å². The molecule has 0 aliphatic heterocycles. The molecule has 1 aliphatic rings. The number of nitro groups is 1. The van der Waals surface area contributed by atoms with Crippen LogP contribution in [0, 0.1) is 16.0 Å². The maximum atomic E-state index is 11.2. The average Bonchev–Trinajstić information content (AvgIpc) is 2.34. The molecule has 0 heterocycles. The summed E-state index contributed by atoms with van der Waals surface area (Å²) in [6.07, 6.45) is 2.96. The molecule has 5 heteroatoms. The molecule has 0 unspecified atom stereocenters. The van der Waals surface area contributed by atoms with Crippen molar-refractivity contribution in [3.63, 3.8) is 0 Å². The second-order valence-electron chi connectivity index (χ2n) is 5.18. The smallest absolute Gasteiger partial charge is 0.333 e. The highest BCUT2D eigenvalue weighted by atomic mass is 16.6. The molecule has 19 heavy (non-hydrogen) atoms. The summed E-state index contributed by atoms with van der Waals surface area (Å²) in [6, 6.07) is 5.54. The van der Waals surface area contributed by atoms with Crippen LogP contribution < -0.4 is 10.1 Å². The number of hydrogen-bond acceptors (Lipinski definition) is 4. The monoisotopic (exact) mass is 264 g/mol. The molecule has 1 N–H and O–H groups in total. The van der Waals surface area contributed by atoms with E-state index in [1.165, 1.54) is 0 Å². The number of anilines is 1. The minimum atomic E-state index is -0.366. The number of benzene rings is 1. The number of ether oxygens (including phenoxy) is 1. The lowest BCUT2D eigenvalue weighted by Gasteiger charge is -2.33. The fourth-order valence-corrected chi connectivity index (χ4v) is 2.40. The number of nitrogens with one attached hydrogen (secondary N) is 1. The lowest BCUT2D eigenvalue weighted by Crippen LogP contribution is -2.33. The Morgan fingerprint density at radius 3 is 2.79 bits per heavy atom. The first kappa shape index (κ1) is 13.6. The number of nitro benzene ring substituents is 1. The van der Waals surface area contributed by atoms with Crippen molar-refractivity contribution in [3.8, 4) is 5.75 Å². The maximum Gasteiger partial charge on any atom is 0.333 e. The van der Waals surface area contributed by atoms with Gasteiger partial charge in [0.1, 0.15) is 5.69 Å². The molecular formula is C14H20N2O3. The first-order chi connectivity index (χ1) is 9.11. The van der Waals surface area contributed by atoms with Gasteiger partial charge in [-0.1, -0.05) is 19.9 Å². The zero-order valence-electron chi connectivity index (χ0n) is 11.4. The molecule has 1 aliphatic carbocycles. The molecule has 0 radical (unpaired) electrons. The van der Waals surface area contributed by atoms with Crippen LogP contribution in [0.2, 0.25) is 0 Å². The van der Waals surface area contributed by atoms with E-state index < -0.39 is 0 Å². The quantitative estimate of drug-likeness (QED) is 0.630. The van der Waals surface area contributed by atoms with Gasteiger partial charge in [0, 0.05) is 6.04 Å². The van der Waals surface area contributed by atoms with E-state index in [4.69, 9.17) is 4.74 Å². The summed E-state index contributed by atoms with van der Waals surface area (Å²) in [7, 11) is 0. The summed E-state index contributed by atoms with van der Waals surface area (Å²) >= 11 is 0. The molecule has 5 nitrogen and oxygen atoms in total. The molecule has 0 aromatic heterocycles. The molecule has 1 aromatic rings. The van der Waals surface area contributed by atoms with Crippen molar-refractivity contribution < 1.29 is 9.66 Å². The van der Waals surface area contributed by atoms with E-state index >= 15 is 0 Å². The Morgan fingerprint density at radius 1 is 1.47 bits per heavy atom.